The lowest BCUT2D eigenvalue weighted by atomic mass is 10.1. The lowest BCUT2D eigenvalue weighted by Gasteiger charge is -2.35. The van der Waals surface area contributed by atoms with Crippen LogP contribution in [-0.2, 0) is 16.0 Å². The van der Waals surface area contributed by atoms with Crippen LogP contribution in [0.2, 0.25) is 0 Å². The van der Waals surface area contributed by atoms with Gasteiger partial charge in [0.1, 0.15) is 5.75 Å². The molecule has 1 heterocycles. The van der Waals surface area contributed by atoms with E-state index in [0.717, 1.165) is 23.4 Å². The molecule has 1 atom stereocenters. The Hall–Kier alpha value is -3.02. The Morgan fingerprint density at radius 3 is 2.65 bits per heavy atom. The van der Waals surface area contributed by atoms with Crippen molar-refractivity contribution in [3.05, 3.63) is 54.1 Å². The first-order valence-corrected chi connectivity index (χ1v) is 8.72. The Balaban J connectivity index is 1.77. The average Bonchev–Trinajstić information content (AvgIpc) is 2.67. The zero-order valence-corrected chi connectivity index (χ0v) is 15.0. The third-order valence-electron chi connectivity index (χ3n) is 4.41. The molecule has 6 nitrogen and oxygen atoms in total. The molecule has 0 saturated heterocycles. The number of hydrogen-bond acceptors (Lipinski definition) is 4. The van der Waals surface area contributed by atoms with Crippen molar-refractivity contribution < 1.29 is 14.3 Å². The van der Waals surface area contributed by atoms with Crippen LogP contribution in [-0.4, -0.2) is 38.1 Å². The Morgan fingerprint density at radius 2 is 1.88 bits per heavy atom. The number of hydrogen-bond donors (Lipinski definition) is 2. The van der Waals surface area contributed by atoms with Gasteiger partial charge in [-0.05, 0) is 30.2 Å². The van der Waals surface area contributed by atoms with Crippen molar-refractivity contribution in [3.8, 4) is 5.75 Å². The first-order chi connectivity index (χ1) is 12.6. The van der Waals surface area contributed by atoms with Crippen LogP contribution in [0, 0.1) is 0 Å². The molecule has 6 heteroatoms. The molecule has 0 aromatic heterocycles. The number of benzene rings is 2. The molecule has 0 bridgehead atoms. The molecule has 0 radical (unpaired) electrons. The third kappa shape index (κ3) is 3.79. The monoisotopic (exact) mass is 353 g/mol. The maximum Gasteiger partial charge on any atom is 0.262 e. The van der Waals surface area contributed by atoms with E-state index in [1.807, 2.05) is 53.4 Å². The molecule has 1 unspecified atom stereocenters. The molecule has 2 N–H and O–H groups in total. The van der Waals surface area contributed by atoms with E-state index in [-0.39, 0.29) is 18.4 Å². The number of likely N-dealkylation sites (N-methyl/N-ethyl adjacent to an activating group) is 1. The SMILES string of the molecule is CCc1ccccc1NC(=O)CN1CC(C(=O)NC)Oc2ccccc21. The van der Waals surface area contributed by atoms with E-state index in [1.54, 1.807) is 7.05 Å². The van der Waals surface area contributed by atoms with E-state index in [0.29, 0.717) is 12.3 Å². The highest BCUT2D eigenvalue weighted by molar-refractivity contribution is 5.95. The van der Waals surface area contributed by atoms with Gasteiger partial charge in [0.15, 0.2) is 6.10 Å². The molecule has 1 aliphatic heterocycles. The van der Waals surface area contributed by atoms with Crippen molar-refractivity contribution in [2.75, 3.05) is 30.4 Å². The van der Waals surface area contributed by atoms with Crippen LogP contribution in [0.15, 0.2) is 48.5 Å². The molecule has 2 amide bonds. The fourth-order valence-electron chi connectivity index (χ4n) is 3.07. The molecule has 136 valence electrons. The van der Waals surface area contributed by atoms with Crippen molar-refractivity contribution in [2.24, 2.45) is 0 Å². The summed E-state index contributed by atoms with van der Waals surface area (Å²) in [6.07, 6.45) is 0.195. The minimum atomic E-state index is -0.648. The summed E-state index contributed by atoms with van der Waals surface area (Å²) in [5, 5.41) is 5.58. The summed E-state index contributed by atoms with van der Waals surface area (Å²) < 4.78 is 5.77. The Bertz CT molecular complexity index is 806. The van der Waals surface area contributed by atoms with Gasteiger partial charge < -0.3 is 20.3 Å². The van der Waals surface area contributed by atoms with Crippen molar-refractivity contribution in [3.63, 3.8) is 0 Å². The molecule has 0 spiro atoms. The molecule has 0 aliphatic carbocycles. The van der Waals surface area contributed by atoms with E-state index in [1.165, 1.54) is 0 Å². The molecule has 3 rings (SSSR count). The van der Waals surface area contributed by atoms with E-state index < -0.39 is 6.10 Å². The molecule has 26 heavy (non-hydrogen) atoms. The van der Waals surface area contributed by atoms with Gasteiger partial charge in [-0.3, -0.25) is 9.59 Å². The number of anilines is 2. The number of carbonyl (C=O) groups is 2. The number of rotatable bonds is 5. The van der Waals surface area contributed by atoms with Crippen molar-refractivity contribution in [2.45, 2.75) is 19.4 Å². The third-order valence-corrected chi connectivity index (χ3v) is 4.41. The van der Waals surface area contributed by atoms with Gasteiger partial charge in [-0.1, -0.05) is 37.3 Å². The van der Waals surface area contributed by atoms with E-state index in [4.69, 9.17) is 4.74 Å². The van der Waals surface area contributed by atoms with Gasteiger partial charge >= 0.3 is 0 Å². The Kier molecular flexibility index (Phi) is 5.41. The second-order valence-corrected chi connectivity index (χ2v) is 6.13. The van der Waals surface area contributed by atoms with Gasteiger partial charge in [-0.15, -0.1) is 0 Å². The van der Waals surface area contributed by atoms with Gasteiger partial charge in [-0.2, -0.15) is 0 Å². The number of amides is 2. The van der Waals surface area contributed by atoms with Crippen LogP contribution in [0.3, 0.4) is 0 Å². The number of aryl methyl sites for hydroxylation is 1. The fourth-order valence-corrected chi connectivity index (χ4v) is 3.07. The zero-order valence-electron chi connectivity index (χ0n) is 15.0. The molecule has 1 aliphatic rings. The normalized spacial score (nSPS) is 15.6. The maximum atomic E-state index is 12.6. The standard InChI is InChI=1S/C20H23N3O3/c1-3-14-8-4-5-9-15(14)22-19(24)13-23-12-18(20(25)21-2)26-17-11-7-6-10-16(17)23/h4-11,18H,3,12-13H2,1-2H3,(H,21,25)(H,22,24). The summed E-state index contributed by atoms with van der Waals surface area (Å²) in [4.78, 5) is 26.5. The number of para-hydroxylation sites is 3. The second-order valence-electron chi connectivity index (χ2n) is 6.13. The van der Waals surface area contributed by atoms with Crippen molar-refractivity contribution >= 4 is 23.2 Å². The van der Waals surface area contributed by atoms with Crippen LogP contribution in [0.1, 0.15) is 12.5 Å². The quantitative estimate of drug-likeness (QED) is 0.865. The fraction of sp³-hybridized carbons (Fsp3) is 0.300. The zero-order chi connectivity index (χ0) is 18.5. The number of nitrogens with zero attached hydrogens (tertiary/aromatic N) is 1. The summed E-state index contributed by atoms with van der Waals surface area (Å²) in [5.74, 6) is 0.272. The molecule has 2 aromatic rings. The highest BCUT2D eigenvalue weighted by Crippen LogP contribution is 2.33. The molecular weight excluding hydrogens is 330 g/mol. The minimum absolute atomic E-state index is 0.127. The second kappa shape index (κ2) is 7.91. The molecule has 0 saturated carbocycles. The Labute approximate surface area is 153 Å². The van der Waals surface area contributed by atoms with E-state index >= 15 is 0 Å². The number of ether oxygens (including phenoxy) is 1. The van der Waals surface area contributed by atoms with Gasteiger partial charge in [0.2, 0.25) is 5.91 Å². The minimum Gasteiger partial charge on any atom is -0.477 e. The van der Waals surface area contributed by atoms with Gasteiger partial charge in [0.25, 0.3) is 5.91 Å². The first kappa shape index (κ1) is 17.8. The van der Waals surface area contributed by atoms with Crippen LogP contribution in [0.4, 0.5) is 11.4 Å². The van der Waals surface area contributed by atoms with Crippen LogP contribution in [0.5, 0.6) is 5.75 Å². The van der Waals surface area contributed by atoms with Crippen LogP contribution >= 0.6 is 0 Å². The summed E-state index contributed by atoms with van der Waals surface area (Å²) in [5.41, 5.74) is 2.72. The predicted octanol–water partition coefficient (Wildman–Crippen LogP) is 2.20. The molecule has 2 aromatic carbocycles. The first-order valence-electron chi connectivity index (χ1n) is 8.72. The van der Waals surface area contributed by atoms with E-state index in [2.05, 4.69) is 17.6 Å². The van der Waals surface area contributed by atoms with Crippen molar-refractivity contribution in [1.29, 1.82) is 0 Å². The summed E-state index contributed by atoms with van der Waals surface area (Å²) >= 11 is 0. The summed E-state index contributed by atoms with van der Waals surface area (Å²) in [7, 11) is 1.57. The highest BCUT2D eigenvalue weighted by atomic mass is 16.5. The van der Waals surface area contributed by atoms with Gasteiger partial charge in [0.05, 0.1) is 18.8 Å². The topological polar surface area (TPSA) is 70.7 Å². The molecule has 0 fully saturated rings. The molecular formula is C20H23N3O3. The van der Waals surface area contributed by atoms with Gasteiger partial charge in [-0.25, -0.2) is 0 Å². The Morgan fingerprint density at radius 1 is 1.15 bits per heavy atom. The summed E-state index contributed by atoms with van der Waals surface area (Å²) in [6, 6.07) is 15.2. The average molecular weight is 353 g/mol. The lowest BCUT2D eigenvalue weighted by molar-refractivity contribution is -0.127. The van der Waals surface area contributed by atoms with E-state index in [9.17, 15) is 9.59 Å². The predicted molar refractivity (Wildman–Crippen MR) is 102 cm³/mol. The van der Waals surface area contributed by atoms with Crippen LogP contribution in [0.25, 0.3) is 0 Å². The number of nitrogens with one attached hydrogen (secondary N) is 2. The number of carbonyl (C=O) groups excluding carboxylic acids is 2. The summed E-state index contributed by atoms with van der Waals surface area (Å²) in [6.45, 7) is 2.52. The largest absolute Gasteiger partial charge is 0.477 e. The van der Waals surface area contributed by atoms with Crippen LogP contribution < -0.4 is 20.3 Å². The maximum absolute atomic E-state index is 12.6. The van der Waals surface area contributed by atoms with Crippen molar-refractivity contribution in [1.82, 2.24) is 5.32 Å². The number of fused-ring (bicyclic) bond motifs is 1. The highest BCUT2D eigenvalue weighted by Gasteiger charge is 2.31. The smallest absolute Gasteiger partial charge is 0.262 e. The lowest BCUT2D eigenvalue weighted by Crippen LogP contribution is -2.50. The van der Waals surface area contributed by atoms with Gasteiger partial charge in [0, 0.05) is 12.7 Å².